The minimum Gasteiger partial charge on any atom is -0.491 e. The van der Waals surface area contributed by atoms with Gasteiger partial charge in [0.05, 0.1) is 17.3 Å². The summed E-state index contributed by atoms with van der Waals surface area (Å²) in [7, 11) is -4.00. The van der Waals surface area contributed by atoms with Crippen molar-refractivity contribution in [3.63, 3.8) is 0 Å². The van der Waals surface area contributed by atoms with Crippen LogP contribution in [-0.4, -0.2) is 27.5 Å². The van der Waals surface area contributed by atoms with E-state index >= 15 is 0 Å². The zero-order valence-corrected chi connectivity index (χ0v) is 20.6. The average Bonchev–Trinajstić information content (AvgIpc) is 2.75. The lowest BCUT2D eigenvalue weighted by Gasteiger charge is -2.14. The van der Waals surface area contributed by atoms with Crippen molar-refractivity contribution in [1.82, 2.24) is 5.32 Å². The number of nitrogens with one attached hydrogen (secondary N) is 2. The van der Waals surface area contributed by atoms with Crippen LogP contribution in [0.15, 0.2) is 59.5 Å². The van der Waals surface area contributed by atoms with Gasteiger partial charge in [-0.1, -0.05) is 41.4 Å². The van der Waals surface area contributed by atoms with Gasteiger partial charge in [0.1, 0.15) is 17.3 Å². The number of carbonyl (C=O) groups excluding carboxylic acids is 1. The van der Waals surface area contributed by atoms with Crippen molar-refractivity contribution in [2.24, 2.45) is 0 Å². The maximum absolute atomic E-state index is 13.0. The number of aryl methyl sites for hydroxylation is 3. The summed E-state index contributed by atoms with van der Waals surface area (Å²) < 4.78 is 34.3. The molecule has 0 aliphatic heterocycles. The van der Waals surface area contributed by atoms with E-state index in [9.17, 15) is 13.2 Å². The third-order valence-corrected chi connectivity index (χ3v) is 7.15. The highest BCUT2D eigenvalue weighted by Crippen LogP contribution is 2.27. The Balaban J connectivity index is 1.68. The van der Waals surface area contributed by atoms with Gasteiger partial charge < -0.3 is 10.1 Å². The highest BCUT2D eigenvalue weighted by molar-refractivity contribution is 7.92. The number of amides is 1. The summed E-state index contributed by atoms with van der Waals surface area (Å²) >= 11 is 6.17. The summed E-state index contributed by atoms with van der Waals surface area (Å²) in [6.45, 7) is 8.24. The SMILES string of the molecule is Cc1ccc(OCCNC(=O)c2ccc(Cl)c(S(=O)(=O)Nc3cccc(C)c3C)c2)c(C)c1. The molecule has 3 aromatic carbocycles. The first kappa shape index (κ1) is 24.6. The number of carbonyl (C=O) groups is 1. The molecule has 3 aromatic rings. The van der Waals surface area contributed by atoms with Crippen molar-refractivity contribution < 1.29 is 17.9 Å². The number of hydrogen-bond donors (Lipinski definition) is 2. The van der Waals surface area contributed by atoms with Crippen molar-refractivity contribution in [2.75, 3.05) is 17.9 Å². The molecule has 0 fully saturated rings. The van der Waals surface area contributed by atoms with Gasteiger partial charge in [0, 0.05) is 5.56 Å². The Morgan fingerprint density at radius 1 is 0.970 bits per heavy atom. The summed E-state index contributed by atoms with van der Waals surface area (Å²) in [5.74, 6) is 0.339. The topological polar surface area (TPSA) is 84.5 Å². The lowest BCUT2D eigenvalue weighted by molar-refractivity contribution is 0.0946. The van der Waals surface area contributed by atoms with E-state index in [0.717, 1.165) is 28.0 Å². The van der Waals surface area contributed by atoms with E-state index in [1.54, 1.807) is 12.1 Å². The summed E-state index contributed by atoms with van der Waals surface area (Å²) in [5, 5.41) is 2.77. The van der Waals surface area contributed by atoms with Gasteiger partial charge in [-0.25, -0.2) is 8.42 Å². The highest BCUT2D eigenvalue weighted by atomic mass is 35.5. The van der Waals surface area contributed by atoms with Crippen LogP contribution in [0.3, 0.4) is 0 Å². The molecule has 8 heteroatoms. The second-order valence-corrected chi connectivity index (χ2v) is 9.93. The van der Waals surface area contributed by atoms with E-state index in [-0.39, 0.29) is 28.6 Å². The number of halogens is 1. The zero-order valence-electron chi connectivity index (χ0n) is 19.0. The Morgan fingerprint density at radius 3 is 2.45 bits per heavy atom. The maximum atomic E-state index is 13.0. The van der Waals surface area contributed by atoms with Gasteiger partial charge in [0.25, 0.3) is 15.9 Å². The van der Waals surface area contributed by atoms with Crippen LogP contribution in [0.1, 0.15) is 32.6 Å². The fourth-order valence-corrected chi connectivity index (χ4v) is 4.95. The summed E-state index contributed by atoms with van der Waals surface area (Å²) in [4.78, 5) is 12.4. The fourth-order valence-electron chi connectivity index (χ4n) is 3.30. The van der Waals surface area contributed by atoms with Gasteiger partial charge in [-0.3, -0.25) is 9.52 Å². The van der Waals surface area contributed by atoms with E-state index in [0.29, 0.717) is 5.69 Å². The first-order chi connectivity index (χ1) is 15.6. The first-order valence-corrected chi connectivity index (χ1v) is 12.3. The molecule has 174 valence electrons. The second kappa shape index (κ2) is 10.3. The Kier molecular flexibility index (Phi) is 7.66. The number of hydrogen-bond acceptors (Lipinski definition) is 4. The molecule has 0 unspecified atom stereocenters. The third kappa shape index (κ3) is 6.06. The zero-order chi connectivity index (χ0) is 24.2. The molecule has 0 heterocycles. The molecule has 0 atom stereocenters. The molecule has 0 saturated carbocycles. The molecule has 0 aliphatic rings. The Labute approximate surface area is 200 Å². The van der Waals surface area contributed by atoms with Crippen LogP contribution in [0.2, 0.25) is 5.02 Å². The van der Waals surface area contributed by atoms with E-state index in [1.807, 2.05) is 52.0 Å². The second-order valence-electron chi connectivity index (χ2n) is 7.87. The fraction of sp³-hybridized carbons (Fsp3) is 0.240. The monoisotopic (exact) mass is 486 g/mol. The van der Waals surface area contributed by atoms with Crippen molar-refractivity contribution in [3.8, 4) is 5.75 Å². The van der Waals surface area contributed by atoms with Crippen molar-refractivity contribution in [3.05, 3.63) is 87.4 Å². The lowest BCUT2D eigenvalue weighted by atomic mass is 10.1. The maximum Gasteiger partial charge on any atom is 0.263 e. The van der Waals surface area contributed by atoms with Gasteiger partial charge in [-0.2, -0.15) is 0 Å². The van der Waals surface area contributed by atoms with Crippen LogP contribution >= 0.6 is 11.6 Å². The van der Waals surface area contributed by atoms with E-state index in [2.05, 4.69) is 10.0 Å². The molecule has 3 rings (SSSR count). The van der Waals surface area contributed by atoms with Crippen LogP contribution in [-0.2, 0) is 10.0 Å². The van der Waals surface area contributed by atoms with E-state index in [4.69, 9.17) is 16.3 Å². The number of rotatable bonds is 8. The smallest absolute Gasteiger partial charge is 0.263 e. The first-order valence-electron chi connectivity index (χ1n) is 10.5. The predicted molar refractivity (Wildman–Crippen MR) is 132 cm³/mol. The van der Waals surface area contributed by atoms with Gasteiger partial charge in [0.15, 0.2) is 0 Å². The highest BCUT2D eigenvalue weighted by Gasteiger charge is 2.21. The number of ether oxygens (including phenoxy) is 1. The quantitative estimate of drug-likeness (QED) is 0.429. The van der Waals surface area contributed by atoms with Crippen LogP contribution in [0.4, 0.5) is 5.69 Å². The average molecular weight is 487 g/mol. The molecule has 0 radical (unpaired) electrons. The molecule has 0 saturated heterocycles. The summed E-state index contributed by atoms with van der Waals surface area (Å²) in [6.07, 6.45) is 0. The molecular formula is C25H27ClN2O4S. The predicted octanol–water partition coefficient (Wildman–Crippen LogP) is 5.18. The molecule has 0 aliphatic carbocycles. The van der Waals surface area contributed by atoms with Crippen LogP contribution in [0, 0.1) is 27.7 Å². The molecule has 0 spiro atoms. The molecule has 2 N–H and O–H groups in total. The van der Waals surface area contributed by atoms with Crippen LogP contribution < -0.4 is 14.8 Å². The minimum atomic E-state index is -4.00. The molecular weight excluding hydrogens is 460 g/mol. The Bertz CT molecular complexity index is 1290. The van der Waals surface area contributed by atoms with Gasteiger partial charge in [-0.05, 0) is 74.7 Å². The van der Waals surface area contributed by atoms with Crippen molar-refractivity contribution in [2.45, 2.75) is 32.6 Å². The van der Waals surface area contributed by atoms with Gasteiger partial charge in [-0.15, -0.1) is 0 Å². The summed E-state index contributed by atoms with van der Waals surface area (Å²) in [5.41, 5.74) is 4.59. The molecule has 0 bridgehead atoms. The van der Waals surface area contributed by atoms with Crippen molar-refractivity contribution in [1.29, 1.82) is 0 Å². The van der Waals surface area contributed by atoms with Crippen LogP contribution in [0.5, 0.6) is 5.75 Å². The molecule has 0 aromatic heterocycles. The summed E-state index contributed by atoms with van der Waals surface area (Å²) in [6, 6.07) is 15.4. The largest absolute Gasteiger partial charge is 0.491 e. The number of anilines is 1. The normalized spacial score (nSPS) is 11.2. The Hall–Kier alpha value is -3.03. The Morgan fingerprint density at radius 2 is 1.73 bits per heavy atom. The number of benzene rings is 3. The minimum absolute atomic E-state index is 0.0301. The van der Waals surface area contributed by atoms with E-state index < -0.39 is 15.9 Å². The molecule has 1 amide bonds. The lowest BCUT2D eigenvalue weighted by Crippen LogP contribution is -2.28. The van der Waals surface area contributed by atoms with Gasteiger partial charge >= 0.3 is 0 Å². The number of sulfonamides is 1. The molecule has 33 heavy (non-hydrogen) atoms. The van der Waals surface area contributed by atoms with E-state index in [1.165, 1.54) is 18.2 Å². The van der Waals surface area contributed by atoms with Gasteiger partial charge in [0.2, 0.25) is 0 Å². The third-order valence-electron chi connectivity index (χ3n) is 5.31. The van der Waals surface area contributed by atoms with Crippen LogP contribution in [0.25, 0.3) is 0 Å². The van der Waals surface area contributed by atoms with Crippen molar-refractivity contribution >= 4 is 33.2 Å². The molecule has 6 nitrogen and oxygen atoms in total. The standard InChI is InChI=1S/C25H27ClN2O4S/c1-16-8-11-23(18(3)14-16)32-13-12-27-25(29)20-9-10-21(26)24(15-20)33(30,31)28-22-7-5-6-17(2)19(22)4/h5-11,14-15,28H,12-13H2,1-4H3,(H,27,29).